The van der Waals surface area contributed by atoms with Crippen molar-refractivity contribution in [2.24, 2.45) is 0 Å². The van der Waals surface area contributed by atoms with E-state index in [4.69, 9.17) is 4.74 Å². The summed E-state index contributed by atoms with van der Waals surface area (Å²) in [4.78, 5) is 11.6. The fourth-order valence-corrected chi connectivity index (χ4v) is 1.82. The molecule has 0 atom stereocenters. The lowest BCUT2D eigenvalue weighted by Crippen LogP contribution is -2.15. The van der Waals surface area contributed by atoms with E-state index in [0.29, 0.717) is 18.8 Å². The quantitative estimate of drug-likeness (QED) is 0.866. The Labute approximate surface area is 112 Å². The van der Waals surface area contributed by atoms with E-state index >= 15 is 0 Å². The summed E-state index contributed by atoms with van der Waals surface area (Å²) < 4.78 is 5.57. The molecule has 0 spiro atoms. The summed E-state index contributed by atoms with van der Waals surface area (Å²) in [6, 6.07) is 7.69. The van der Waals surface area contributed by atoms with Gasteiger partial charge in [-0.2, -0.15) is 5.10 Å². The third-order valence-electron chi connectivity index (χ3n) is 2.57. The number of H-pyrrole nitrogens is 1. The van der Waals surface area contributed by atoms with Gasteiger partial charge in [0.05, 0.1) is 19.2 Å². The molecule has 0 aliphatic carbocycles. The second-order valence-corrected chi connectivity index (χ2v) is 4.44. The van der Waals surface area contributed by atoms with Gasteiger partial charge >= 0.3 is 0 Å². The van der Waals surface area contributed by atoms with E-state index in [1.54, 1.807) is 12.3 Å². The first-order valence-electron chi connectivity index (χ1n) is 6.14. The first-order valence-corrected chi connectivity index (χ1v) is 6.14. The van der Waals surface area contributed by atoms with Gasteiger partial charge < -0.3 is 10.1 Å². The number of amides is 1. The minimum Gasteiger partial charge on any atom is -0.493 e. The number of carbonyl (C=O) groups is 1. The normalized spacial score (nSPS) is 10.2. The summed E-state index contributed by atoms with van der Waals surface area (Å²) >= 11 is 0. The van der Waals surface area contributed by atoms with Crippen LogP contribution in [0.2, 0.25) is 0 Å². The lowest BCUT2D eigenvalue weighted by Gasteiger charge is -2.08. The standard InChI is InChI=1S/C14H17N3O2/c1-10-7-11(2)9-12(8-10)19-6-4-14(18)16-13-3-5-15-17-13/h3,5,7-9H,4,6H2,1-2H3,(H2,15,16,17,18). The Morgan fingerprint density at radius 2 is 2.05 bits per heavy atom. The number of nitrogens with one attached hydrogen (secondary N) is 2. The zero-order valence-corrected chi connectivity index (χ0v) is 11.1. The van der Waals surface area contributed by atoms with Crippen molar-refractivity contribution >= 4 is 11.7 Å². The molecular weight excluding hydrogens is 242 g/mol. The monoisotopic (exact) mass is 259 g/mol. The Kier molecular flexibility index (Phi) is 4.18. The first kappa shape index (κ1) is 13.1. The Hall–Kier alpha value is -2.30. The molecule has 1 aromatic heterocycles. The number of ether oxygens (including phenoxy) is 1. The number of benzene rings is 1. The highest BCUT2D eigenvalue weighted by Gasteiger charge is 2.04. The second kappa shape index (κ2) is 6.04. The molecule has 0 fully saturated rings. The van der Waals surface area contributed by atoms with Crippen LogP contribution in [-0.2, 0) is 4.79 Å². The van der Waals surface area contributed by atoms with Crippen LogP contribution in [0.15, 0.2) is 30.5 Å². The van der Waals surface area contributed by atoms with Crippen molar-refractivity contribution in [1.29, 1.82) is 0 Å². The van der Waals surface area contributed by atoms with Crippen LogP contribution in [0.3, 0.4) is 0 Å². The number of carbonyl (C=O) groups excluding carboxylic acids is 1. The zero-order chi connectivity index (χ0) is 13.7. The van der Waals surface area contributed by atoms with E-state index in [2.05, 4.69) is 21.6 Å². The van der Waals surface area contributed by atoms with Crippen molar-refractivity contribution in [2.75, 3.05) is 11.9 Å². The van der Waals surface area contributed by atoms with E-state index in [9.17, 15) is 4.79 Å². The van der Waals surface area contributed by atoms with Gasteiger partial charge in [0.25, 0.3) is 0 Å². The molecule has 2 N–H and O–H groups in total. The predicted molar refractivity (Wildman–Crippen MR) is 73.2 cm³/mol. The van der Waals surface area contributed by atoms with Gasteiger partial charge in [0.1, 0.15) is 11.6 Å². The van der Waals surface area contributed by atoms with E-state index in [-0.39, 0.29) is 5.91 Å². The van der Waals surface area contributed by atoms with E-state index in [0.717, 1.165) is 16.9 Å². The fraction of sp³-hybridized carbons (Fsp3) is 0.286. The summed E-state index contributed by atoms with van der Waals surface area (Å²) in [5.41, 5.74) is 2.30. The maximum absolute atomic E-state index is 11.6. The lowest BCUT2D eigenvalue weighted by molar-refractivity contribution is -0.116. The van der Waals surface area contributed by atoms with Gasteiger partial charge in [-0.05, 0) is 37.1 Å². The third kappa shape index (κ3) is 4.13. The Bertz CT molecular complexity index is 530. The van der Waals surface area contributed by atoms with E-state index in [1.165, 1.54) is 0 Å². The van der Waals surface area contributed by atoms with Gasteiger partial charge in [0, 0.05) is 6.07 Å². The zero-order valence-electron chi connectivity index (χ0n) is 11.1. The van der Waals surface area contributed by atoms with Crippen molar-refractivity contribution in [1.82, 2.24) is 10.2 Å². The first-order chi connectivity index (χ1) is 9.13. The number of aromatic nitrogens is 2. The minimum atomic E-state index is -0.103. The number of aromatic amines is 1. The third-order valence-corrected chi connectivity index (χ3v) is 2.57. The van der Waals surface area contributed by atoms with Crippen LogP contribution in [-0.4, -0.2) is 22.7 Å². The van der Waals surface area contributed by atoms with E-state index in [1.807, 2.05) is 26.0 Å². The van der Waals surface area contributed by atoms with Crippen molar-refractivity contribution in [3.8, 4) is 5.75 Å². The van der Waals surface area contributed by atoms with Crippen LogP contribution in [0.4, 0.5) is 5.82 Å². The molecule has 5 heteroatoms. The van der Waals surface area contributed by atoms with Crippen molar-refractivity contribution in [3.05, 3.63) is 41.6 Å². The molecule has 1 aromatic carbocycles. The molecule has 1 amide bonds. The number of hydrogen-bond donors (Lipinski definition) is 2. The molecule has 0 unspecified atom stereocenters. The average molecular weight is 259 g/mol. The van der Waals surface area contributed by atoms with Crippen LogP contribution in [0, 0.1) is 13.8 Å². The maximum Gasteiger partial charge on any atom is 0.228 e. The molecule has 0 aliphatic rings. The highest BCUT2D eigenvalue weighted by Crippen LogP contribution is 2.16. The van der Waals surface area contributed by atoms with Gasteiger partial charge in [-0.15, -0.1) is 0 Å². The molecule has 2 aromatic rings. The summed E-state index contributed by atoms with van der Waals surface area (Å²) in [6.45, 7) is 4.39. The molecule has 5 nitrogen and oxygen atoms in total. The molecule has 19 heavy (non-hydrogen) atoms. The number of rotatable bonds is 5. The molecule has 0 bridgehead atoms. The van der Waals surface area contributed by atoms with Gasteiger partial charge in [-0.3, -0.25) is 9.89 Å². The SMILES string of the molecule is Cc1cc(C)cc(OCCC(=O)Nc2ccn[nH]2)c1. The largest absolute Gasteiger partial charge is 0.493 e. The highest BCUT2D eigenvalue weighted by atomic mass is 16.5. The molecule has 100 valence electrons. The topological polar surface area (TPSA) is 67.0 Å². The Balaban J connectivity index is 1.78. The molecular formula is C14H17N3O2. The number of hydrogen-bond acceptors (Lipinski definition) is 3. The van der Waals surface area contributed by atoms with E-state index < -0.39 is 0 Å². The predicted octanol–water partition coefficient (Wildman–Crippen LogP) is 2.43. The second-order valence-electron chi connectivity index (χ2n) is 4.44. The molecule has 0 radical (unpaired) electrons. The van der Waals surface area contributed by atoms with Crippen molar-refractivity contribution in [2.45, 2.75) is 20.3 Å². The lowest BCUT2D eigenvalue weighted by atomic mass is 10.1. The molecule has 1 heterocycles. The van der Waals surface area contributed by atoms with Crippen LogP contribution in [0.5, 0.6) is 5.75 Å². The maximum atomic E-state index is 11.6. The van der Waals surface area contributed by atoms with Gasteiger partial charge in [0.15, 0.2) is 0 Å². The smallest absolute Gasteiger partial charge is 0.228 e. The van der Waals surface area contributed by atoms with Gasteiger partial charge in [-0.25, -0.2) is 0 Å². The van der Waals surface area contributed by atoms with Crippen LogP contribution in [0.25, 0.3) is 0 Å². The summed E-state index contributed by atoms with van der Waals surface area (Å²) in [5, 5.41) is 9.11. The molecule has 0 saturated carbocycles. The number of nitrogens with zero attached hydrogens (tertiary/aromatic N) is 1. The van der Waals surface area contributed by atoms with Crippen LogP contribution < -0.4 is 10.1 Å². The number of aryl methyl sites for hydroxylation is 2. The summed E-state index contributed by atoms with van der Waals surface area (Å²) in [5.74, 6) is 1.29. The number of anilines is 1. The minimum absolute atomic E-state index is 0.103. The van der Waals surface area contributed by atoms with Crippen LogP contribution >= 0.6 is 0 Å². The molecule has 2 rings (SSSR count). The summed E-state index contributed by atoms with van der Waals surface area (Å²) in [7, 11) is 0. The Morgan fingerprint density at radius 3 is 2.68 bits per heavy atom. The Morgan fingerprint density at radius 1 is 1.32 bits per heavy atom. The van der Waals surface area contributed by atoms with Crippen LogP contribution in [0.1, 0.15) is 17.5 Å². The average Bonchev–Trinajstić information content (AvgIpc) is 2.80. The fourth-order valence-electron chi connectivity index (χ4n) is 1.82. The molecule has 0 saturated heterocycles. The van der Waals surface area contributed by atoms with Crippen molar-refractivity contribution in [3.63, 3.8) is 0 Å². The van der Waals surface area contributed by atoms with Gasteiger partial charge in [-0.1, -0.05) is 6.07 Å². The summed E-state index contributed by atoms with van der Waals surface area (Å²) in [6.07, 6.45) is 1.88. The molecule has 0 aliphatic heterocycles. The highest BCUT2D eigenvalue weighted by molar-refractivity contribution is 5.89. The van der Waals surface area contributed by atoms with Gasteiger partial charge in [0.2, 0.25) is 5.91 Å². The van der Waals surface area contributed by atoms with Crippen molar-refractivity contribution < 1.29 is 9.53 Å².